The Kier molecular flexibility index (Phi) is 3.29. The molecule has 0 saturated carbocycles. The van der Waals surface area contributed by atoms with E-state index >= 15 is 0 Å². The third-order valence-electron chi connectivity index (χ3n) is 2.48. The van der Waals surface area contributed by atoms with E-state index in [0.29, 0.717) is 5.56 Å². The Hall–Kier alpha value is -1.20. The standard InChI is InChI=1S/C12H10ClF3O2/c1-2-17-11(12(14,15)16)7-9(13)8-5-3-4-6-10(8)18-11/h3-7H,2H2,1H3/t11-/m1/s1. The van der Waals surface area contributed by atoms with E-state index in [4.69, 9.17) is 21.1 Å². The Morgan fingerprint density at radius 3 is 2.61 bits per heavy atom. The molecule has 0 aromatic heterocycles. The van der Waals surface area contributed by atoms with Gasteiger partial charge in [-0.1, -0.05) is 23.7 Å². The second-order valence-electron chi connectivity index (χ2n) is 3.69. The molecule has 1 aliphatic rings. The van der Waals surface area contributed by atoms with E-state index in [1.165, 1.54) is 13.0 Å². The first kappa shape index (κ1) is 13.2. The molecule has 18 heavy (non-hydrogen) atoms. The largest absolute Gasteiger partial charge is 0.459 e. The summed E-state index contributed by atoms with van der Waals surface area (Å²) in [6, 6.07) is 6.24. The van der Waals surface area contributed by atoms with Crippen molar-refractivity contribution in [3.63, 3.8) is 0 Å². The first-order valence-corrected chi connectivity index (χ1v) is 5.65. The molecule has 0 saturated heterocycles. The molecule has 0 amide bonds. The molecule has 0 spiro atoms. The van der Waals surface area contributed by atoms with Gasteiger partial charge in [-0.2, -0.15) is 13.2 Å². The molecule has 0 aliphatic carbocycles. The molecule has 0 bridgehead atoms. The van der Waals surface area contributed by atoms with Gasteiger partial charge in [0.25, 0.3) is 0 Å². The molecule has 0 N–H and O–H groups in total. The van der Waals surface area contributed by atoms with E-state index in [1.807, 2.05) is 0 Å². The highest BCUT2D eigenvalue weighted by Crippen LogP contribution is 2.45. The van der Waals surface area contributed by atoms with Crippen molar-refractivity contribution in [3.8, 4) is 5.75 Å². The average Bonchev–Trinajstić information content (AvgIpc) is 2.28. The molecule has 2 rings (SSSR count). The third-order valence-corrected chi connectivity index (χ3v) is 2.79. The van der Waals surface area contributed by atoms with Crippen LogP contribution in [0.3, 0.4) is 0 Å². The summed E-state index contributed by atoms with van der Waals surface area (Å²) in [5, 5.41) is -0.0392. The number of halogens is 4. The Balaban J connectivity index is 2.52. The zero-order valence-corrected chi connectivity index (χ0v) is 10.2. The molecule has 0 fully saturated rings. The average molecular weight is 279 g/mol. The quantitative estimate of drug-likeness (QED) is 0.815. The molecule has 0 radical (unpaired) electrons. The van der Waals surface area contributed by atoms with Crippen LogP contribution in [0.15, 0.2) is 30.3 Å². The van der Waals surface area contributed by atoms with Crippen LogP contribution in [0.25, 0.3) is 5.03 Å². The lowest BCUT2D eigenvalue weighted by molar-refractivity contribution is -0.327. The Bertz CT molecular complexity index is 484. The van der Waals surface area contributed by atoms with Gasteiger partial charge in [-0.25, -0.2) is 0 Å². The van der Waals surface area contributed by atoms with Crippen molar-refractivity contribution in [2.75, 3.05) is 6.61 Å². The van der Waals surface area contributed by atoms with E-state index in [0.717, 1.165) is 6.08 Å². The molecule has 1 aromatic rings. The highest BCUT2D eigenvalue weighted by molar-refractivity contribution is 6.49. The Labute approximate surface area is 107 Å². The zero-order valence-electron chi connectivity index (χ0n) is 9.42. The second-order valence-corrected chi connectivity index (χ2v) is 4.10. The number of alkyl halides is 3. The fourth-order valence-corrected chi connectivity index (χ4v) is 2.00. The first-order chi connectivity index (χ1) is 8.39. The van der Waals surface area contributed by atoms with E-state index < -0.39 is 12.0 Å². The summed E-state index contributed by atoms with van der Waals surface area (Å²) in [5.41, 5.74) is 0.416. The molecule has 0 unspecified atom stereocenters. The fourth-order valence-electron chi connectivity index (χ4n) is 1.70. The smallest absolute Gasteiger partial charge is 0.449 e. The maximum Gasteiger partial charge on any atom is 0.459 e. The van der Waals surface area contributed by atoms with Crippen molar-refractivity contribution in [2.45, 2.75) is 18.9 Å². The lowest BCUT2D eigenvalue weighted by atomic mass is 10.1. The van der Waals surface area contributed by atoms with Gasteiger partial charge in [0, 0.05) is 18.2 Å². The van der Waals surface area contributed by atoms with Crippen LogP contribution in [0.5, 0.6) is 5.75 Å². The van der Waals surface area contributed by atoms with Gasteiger partial charge in [0.15, 0.2) is 0 Å². The summed E-state index contributed by atoms with van der Waals surface area (Å²) < 4.78 is 49.0. The van der Waals surface area contributed by atoms with Crippen LogP contribution in [0.4, 0.5) is 13.2 Å². The number of ether oxygens (including phenoxy) is 2. The van der Waals surface area contributed by atoms with Crippen LogP contribution in [-0.4, -0.2) is 18.6 Å². The molecule has 98 valence electrons. The third kappa shape index (κ3) is 2.08. The van der Waals surface area contributed by atoms with Gasteiger partial charge in [-0.05, 0) is 19.1 Å². The molecular weight excluding hydrogens is 269 g/mol. The van der Waals surface area contributed by atoms with E-state index in [2.05, 4.69) is 0 Å². The highest BCUT2D eigenvalue weighted by Gasteiger charge is 2.59. The normalized spacial score (nSPS) is 23.1. The number of para-hydroxylation sites is 1. The summed E-state index contributed by atoms with van der Waals surface area (Å²) in [5.74, 6) is -2.76. The molecule has 6 heteroatoms. The fraction of sp³-hybridized carbons (Fsp3) is 0.333. The van der Waals surface area contributed by atoms with Crippen LogP contribution in [0.1, 0.15) is 12.5 Å². The predicted octanol–water partition coefficient (Wildman–Crippen LogP) is 3.95. The Morgan fingerprint density at radius 1 is 1.33 bits per heavy atom. The summed E-state index contributed by atoms with van der Waals surface area (Å²) in [7, 11) is 0. The lowest BCUT2D eigenvalue weighted by Gasteiger charge is -2.36. The van der Waals surface area contributed by atoms with Crippen molar-refractivity contribution in [1.29, 1.82) is 0 Å². The van der Waals surface area contributed by atoms with Gasteiger partial charge in [0.2, 0.25) is 0 Å². The van der Waals surface area contributed by atoms with E-state index in [1.54, 1.807) is 18.2 Å². The second kappa shape index (κ2) is 4.48. The summed E-state index contributed by atoms with van der Waals surface area (Å²) in [6.07, 6.45) is -3.96. The predicted molar refractivity (Wildman–Crippen MR) is 61.3 cm³/mol. The number of hydrogen-bond acceptors (Lipinski definition) is 2. The SMILES string of the molecule is CCO[C@]1(C(F)(F)F)C=C(Cl)c2ccccc2O1. The van der Waals surface area contributed by atoms with Gasteiger partial charge in [0.1, 0.15) is 5.75 Å². The van der Waals surface area contributed by atoms with Gasteiger partial charge in [0.05, 0.1) is 5.03 Å². The van der Waals surface area contributed by atoms with Crippen molar-refractivity contribution >= 4 is 16.6 Å². The van der Waals surface area contributed by atoms with Crippen LogP contribution in [-0.2, 0) is 4.74 Å². The number of fused-ring (bicyclic) bond motifs is 1. The molecule has 1 aliphatic heterocycles. The maximum absolute atomic E-state index is 13.1. The van der Waals surface area contributed by atoms with Crippen LogP contribution < -0.4 is 4.74 Å². The monoisotopic (exact) mass is 278 g/mol. The number of hydrogen-bond donors (Lipinski definition) is 0. The summed E-state index contributed by atoms with van der Waals surface area (Å²) in [6.45, 7) is 1.31. The van der Waals surface area contributed by atoms with Crippen LogP contribution in [0.2, 0.25) is 0 Å². The minimum absolute atomic E-state index is 0.0392. The summed E-state index contributed by atoms with van der Waals surface area (Å²) >= 11 is 5.87. The van der Waals surface area contributed by atoms with Crippen LogP contribution >= 0.6 is 11.6 Å². The molecule has 2 nitrogen and oxygen atoms in total. The minimum atomic E-state index is -4.71. The van der Waals surface area contributed by atoms with Gasteiger partial charge < -0.3 is 9.47 Å². The highest BCUT2D eigenvalue weighted by atomic mass is 35.5. The number of benzene rings is 1. The molecule has 1 heterocycles. The van der Waals surface area contributed by atoms with Gasteiger partial charge >= 0.3 is 12.0 Å². The van der Waals surface area contributed by atoms with Crippen molar-refractivity contribution in [3.05, 3.63) is 35.9 Å². The van der Waals surface area contributed by atoms with Crippen LogP contribution in [0, 0.1) is 0 Å². The number of rotatable bonds is 2. The van der Waals surface area contributed by atoms with Crippen molar-refractivity contribution < 1.29 is 22.6 Å². The summed E-state index contributed by atoms with van der Waals surface area (Å²) in [4.78, 5) is 0. The van der Waals surface area contributed by atoms with Gasteiger partial charge in [-0.3, -0.25) is 0 Å². The van der Waals surface area contributed by atoms with Crippen molar-refractivity contribution in [1.82, 2.24) is 0 Å². The maximum atomic E-state index is 13.1. The van der Waals surface area contributed by atoms with E-state index in [-0.39, 0.29) is 17.4 Å². The topological polar surface area (TPSA) is 18.5 Å². The zero-order chi connectivity index (χ0) is 13.4. The molecular formula is C12H10ClF3O2. The lowest BCUT2D eigenvalue weighted by Crippen LogP contribution is -2.52. The van der Waals surface area contributed by atoms with Crippen molar-refractivity contribution in [2.24, 2.45) is 0 Å². The Morgan fingerprint density at radius 2 is 2.00 bits per heavy atom. The van der Waals surface area contributed by atoms with E-state index in [9.17, 15) is 13.2 Å². The molecule has 1 aromatic carbocycles. The molecule has 1 atom stereocenters. The van der Waals surface area contributed by atoms with Gasteiger partial charge in [-0.15, -0.1) is 0 Å². The minimum Gasteiger partial charge on any atom is -0.449 e. The first-order valence-electron chi connectivity index (χ1n) is 5.27.